The van der Waals surface area contributed by atoms with Crippen molar-refractivity contribution in [1.82, 2.24) is 5.32 Å². The van der Waals surface area contributed by atoms with Crippen LogP contribution in [-0.4, -0.2) is 24.6 Å². The minimum Gasteiger partial charge on any atom is -0.308 e. The SMILES string of the molecule is FC(F)(F)CNCC1CCCCC1Cl. The molecule has 0 amide bonds. The summed E-state index contributed by atoms with van der Waals surface area (Å²) in [5.41, 5.74) is 0. The van der Waals surface area contributed by atoms with Crippen LogP contribution in [0, 0.1) is 5.92 Å². The molecule has 2 unspecified atom stereocenters. The number of hydrogen-bond acceptors (Lipinski definition) is 1. The fourth-order valence-electron chi connectivity index (χ4n) is 1.79. The van der Waals surface area contributed by atoms with Gasteiger partial charge >= 0.3 is 6.18 Å². The Labute approximate surface area is 87.0 Å². The van der Waals surface area contributed by atoms with Crippen LogP contribution in [0.4, 0.5) is 13.2 Å². The van der Waals surface area contributed by atoms with E-state index in [1.54, 1.807) is 0 Å². The number of hydrogen-bond donors (Lipinski definition) is 1. The largest absolute Gasteiger partial charge is 0.401 e. The van der Waals surface area contributed by atoms with Crippen LogP contribution in [0.15, 0.2) is 0 Å². The van der Waals surface area contributed by atoms with Gasteiger partial charge in [0.15, 0.2) is 0 Å². The van der Waals surface area contributed by atoms with Crippen molar-refractivity contribution in [1.29, 1.82) is 0 Å². The molecule has 0 aliphatic heterocycles. The first-order chi connectivity index (χ1) is 6.49. The Bertz CT molecular complexity index is 172. The minimum atomic E-state index is -4.11. The van der Waals surface area contributed by atoms with E-state index in [0.717, 1.165) is 25.7 Å². The van der Waals surface area contributed by atoms with E-state index in [1.165, 1.54) is 0 Å². The summed E-state index contributed by atoms with van der Waals surface area (Å²) in [5, 5.41) is 2.46. The smallest absolute Gasteiger partial charge is 0.308 e. The first kappa shape index (κ1) is 12.1. The molecule has 1 aliphatic carbocycles. The average Bonchev–Trinajstić information content (AvgIpc) is 2.06. The van der Waals surface area contributed by atoms with Crippen LogP contribution in [0.2, 0.25) is 0 Å². The van der Waals surface area contributed by atoms with Crippen molar-refractivity contribution in [3.63, 3.8) is 0 Å². The van der Waals surface area contributed by atoms with Crippen molar-refractivity contribution < 1.29 is 13.2 Å². The summed E-state index contributed by atoms with van der Waals surface area (Å²) in [6.07, 6.45) is -0.0546. The Balaban J connectivity index is 2.17. The Morgan fingerprint density at radius 3 is 2.43 bits per heavy atom. The summed E-state index contributed by atoms with van der Waals surface area (Å²) < 4.78 is 35.4. The van der Waals surface area contributed by atoms with Crippen molar-refractivity contribution in [3.8, 4) is 0 Å². The van der Waals surface area contributed by atoms with Gasteiger partial charge in [0.25, 0.3) is 0 Å². The Hall–Kier alpha value is 0.0400. The van der Waals surface area contributed by atoms with Gasteiger partial charge < -0.3 is 5.32 Å². The van der Waals surface area contributed by atoms with E-state index < -0.39 is 12.7 Å². The Morgan fingerprint density at radius 2 is 1.86 bits per heavy atom. The molecule has 1 rings (SSSR count). The van der Waals surface area contributed by atoms with Gasteiger partial charge in [-0.25, -0.2) is 0 Å². The van der Waals surface area contributed by atoms with Crippen molar-refractivity contribution >= 4 is 11.6 Å². The predicted octanol–water partition coefficient (Wildman–Crippen LogP) is 2.94. The molecular formula is C9H15ClF3N. The quantitative estimate of drug-likeness (QED) is 0.734. The van der Waals surface area contributed by atoms with Gasteiger partial charge in [-0.15, -0.1) is 11.6 Å². The summed E-state index contributed by atoms with van der Waals surface area (Å²) in [4.78, 5) is 0. The molecule has 84 valence electrons. The molecule has 1 N–H and O–H groups in total. The first-order valence-electron chi connectivity index (χ1n) is 4.90. The van der Waals surface area contributed by atoms with Crippen LogP contribution in [0.3, 0.4) is 0 Å². The van der Waals surface area contributed by atoms with Gasteiger partial charge in [0.1, 0.15) is 0 Å². The molecule has 5 heteroatoms. The molecule has 0 radical (unpaired) electrons. The predicted molar refractivity (Wildman–Crippen MR) is 50.5 cm³/mol. The second-order valence-corrected chi connectivity index (χ2v) is 4.37. The maximum atomic E-state index is 11.8. The van der Waals surface area contributed by atoms with Crippen LogP contribution in [0.25, 0.3) is 0 Å². The molecule has 0 aromatic heterocycles. The van der Waals surface area contributed by atoms with Crippen molar-refractivity contribution in [2.75, 3.05) is 13.1 Å². The fourth-order valence-corrected chi connectivity index (χ4v) is 2.16. The summed E-state index contributed by atoms with van der Waals surface area (Å²) >= 11 is 6.01. The van der Waals surface area contributed by atoms with Crippen molar-refractivity contribution in [2.24, 2.45) is 5.92 Å². The monoisotopic (exact) mass is 229 g/mol. The van der Waals surface area contributed by atoms with E-state index in [-0.39, 0.29) is 11.3 Å². The lowest BCUT2D eigenvalue weighted by molar-refractivity contribution is -0.125. The molecule has 0 aromatic carbocycles. The highest BCUT2D eigenvalue weighted by Crippen LogP contribution is 2.28. The summed E-state index contributed by atoms with van der Waals surface area (Å²) in [5.74, 6) is 0.202. The van der Waals surface area contributed by atoms with Crippen LogP contribution in [0.1, 0.15) is 25.7 Å². The van der Waals surface area contributed by atoms with E-state index in [2.05, 4.69) is 5.32 Å². The number of rotatable bonds is 3. The molecule has 14 heavy (non-hydrogen) atoms. The zero-order valence-electron chi connectivity index (χ0n) is 7.91. The van der Waals surface area contributed by atoms with Gasteiger partial charge in [0, 0.05) is 5.38 Å². The Kier molecular flexibility index (Phi) is 4.51. The molecule has 0 spiro atoms. The molecule has 0 bridgehead atoms. The summed E-state index contributed by atoms with van der Waals surface area (Å²) in [6.45, 7) is -0.527. The third-order valence-corrected chi connectivity index (χ3v) is 3.12. The highest BCUT2D eigenvalue weighted by atomic mass is 35.5. The molecule has 0 saturated heterocycles. The summed E-state index contributed by atoms with van der Waals surface area (Å²) in [6, 6.07) is 0. The molecule has 1 aliphatic rings. The van der Waals surface area contributed by atoms with Crippen LogP contribution < -0.4 is 5.32 Å². The van der Waals surface area contributed by atoms with Gasteiger partial charge in [-0.2, -0.15) is 13.2 Å². The van der Waals surface area contributed by atoms with E-state index in [9.17, 15) is 13.2 Å². The van der Waals surface area contributed by atoms with Crippen molar-refractivity contribution in [3.05, 3.63) is 0 Å². The van der Waals surface area contributed by atoms with E-state index in [4.69, 9.17) is 11.6 Å². The minimum absolute atomic E-state index is 0.0458. The topological polar surface area (TPSA) is 12.0 Å². The second-order valence-electron chi connectivity index (χ2n) is 3.81. The zero-order valence-corrected chi connectivity index (χ0v) is 8.67. The van der Waals surface area contributed by atoms with Crippen LogP contribution >= 0.6 is 11.6 Å². The van der Waals surface area contributed by atoms with Gasteiger partial charge in [-0.05, 0) is 25.3 Å². The lowest BCUT2D eigenvalue weighted by Gasteiger charge is -2.27. The normalized spacial score (nSPS) is 29.1. The molecule has 0 heterocycles. The van der Waals surface area contributed by atoms with E-state index >= 15 is 0 Å². The first-order valence-corrected chi connectivity index (χ1v) is 5.34. The maximum absolute atomic E-state index is 11.8. The van der Waals surface area contributed by atoms with Gasteiger partial charge in [0.05, 0.1) is 6.54 Å². The van der Waals surface area contributed by atoms with Crippen molar-refractivity contribution in [2.45, 2.75) is 37.2 Å². The lowest BCUT2D eigenvalue weighted by atomic mass is 9.89. The number of nitrogens with one attached hydrogen (secondary N) is 1. The number of alkyl halides is 4. The second kappa shape index (κ2) is 5.21. The lowest BCUT2D eigenvalue weighted by Crippen LogP contribution is -2.36. The Morgan fingerprint density at radius 1 is 1.21 bits per heavy atom. The van der Waals surface area contributed by atoms with Gasteiger partial charge in [-0.3, -0.25) is 0 Å². The van der Waals surface area contributed by atoms with Crippen LogP contribution in [-0.2, 0) is 0 Å². The summed E-state index contributed by atoms with van der Waals surface area (Å²) in [7, 11) is 0. The fraction of sp³-hybridized carbons (Fsp3) is 1.00. The van der Waals surface area contributed by atoms with Gasteiger partial charge in [-0.1, -0.05) is 12.8 Å². The highest BCUT2D eigenvalue weighted by Gasteiger charge is 2.28. The third kappa shape index (κ3) is 4.51. The molecule has 1 saturated carbocycles. The molecule has 2 atom stereocenters. The molecule has 1 fully saturated rings. The highest BCUT2D eigenvalue weighted by molar-refractivity contribution is 6.20. The van der Waals surface area contributed by atoms with E-state index in [0.29, 0.717) is 6.54 Å². The molecule has 1 nitrogen and oxygen atoms in total. The maximum Gasteiger partial charge on any atom is 0.401 e. The molecule has 0 aromatic rings. The molecular weight excluding hydrogens is 215 g/mol. The zero-order chi connectivity index (χ0) is 10.6. The van der Waals surface area contributed by atoms with Crippen LogP contribution in [0.5, 0.6) is 0 Å². The average molecular weight is 230 g/mol. The van der Waals surface area contributed by atoms with E-state index in [1.807, 2.05) is 0 Å². The standard InChI is InChI=1S/C9H15ClF3N/c10-8-4-2-1-3-7(8)5-14-6-9(11,12)13/h7-8,14H,1-6H2. The van der Waals surface area contributed by atoms with Gasteiger partial charge in [0.2, 0.25) is 0 Å². The number of halogens is 4. The third-order valence-electron chi connectivity index (χ3n) is 2.55.